The summed E-state index contributed by atoms with van der Waals surface area (Å²) in [7, 11) is 0. The molecule has 0 saturated carbocycles. The molecule has 7 heteroatoms. The Morgan fingerprint density at radius 3 is 3.04 bits per heavy atom. The number of anilines is 1. The molecule has 7 nitrogen and oxygen atoms in total. The second kappa shape index (κ2) is 6.29. The van der Waals surface area contributed by atoms with Crippen molar-refractivity contribution in [2.24, 2.45) is 0 Å². The number of carbonyl (C=O) groups is 1. The van der Waals surface area contributed by atoms with Crippen molar-refractivity contribution in [2.45, 2.75) is 12.5 Å². The van der Waals surface area contributed by atoms with E-state index in [1.54, 1.807) is 18.3 Å². The maximum atomic E-state index is 12.3. The number of aromatic nitrogens is 3. The average molecular weight is 324 g/mol. The van der Waals surface area contributed by atoms with Crippen LogP contribution in [0.25, 0.3) is 10.9 Å². The summed E-state index contributed by atoms with van der Waals surface area (Å²) in [5.41, 5.74) is 2.03. The molecule has 122 valence electrons. The SMILES string of the molecule is O=C(Nc1ccc2cn[nH]c2c1)c1ccc(OC2CCOC2)nc1. The normalized spacial score (nSPS) is 17.1. The number of aromatic amines is 1. The molecule has 1 aliphatic rings. The number of carbonyl (C=O) groups excluding carboxylic acids is 1. The molecule has 1 aromatic carbocycles. The fourth-order valence-corrected chi connectivity index (χ4v) is 2.58. The van der Waals surface area contributed by atoms with Gasteiger partial charge in [-0.05, 0) is 24.3 Å². The predicted molar refractivity (Wildman–Crippen MR) is 88.1 cm³/mol. The minimum absolute atomic E-state index is 0.0401. The standard InChI is InChI=1S/C17H16N4O3/c22-17(20-13-3-1-11-9-19-21-15(11)7-13)12-2-4-16(18-8-12)24-14-5-6-23-10-14/h1-4,7-9,14H,5-6,10H2,(H,19,21)(H,20,22). The van der Waals surface area contributed by atoms with E-state index in [0.717, 1.165) is 17.3 Å². The summed E-state index contributed by atoms with van der Waals surface area (Å²) in [6, 6.07) is 8.97. The van der Waals surface area contributed by atoms with Crippen molar-refractivity contribution in [3.63, 3.8) is 0 Å². The fourth-order valence-electron chi connectivity index (χ4n) is 2.58. The van der Waals surface area contributed by atoms with E-state index >= 15 is 0 Å². The first-order chi connectivity index (χ1) is 11.8. The lowest BCUT2D eigenvalue weighted by Gasteiger charge is -2.11. The van der Waals surface area contributed by atoms with Crippen LogP contribution in [-0.4, -0.2) is 40.4 Å². The Labute approximate surface area is 138 Å². The zero-order valence-corrected chi connectivity index (χ0v) is 12.9. The fraction of sp³-hybridized carbons (Fsp3) is 0.235. The van der Waals surface area contributed by atoms with Gasteiger partial charge in [-0.15, -0.1) is 0 Å². The van der Waals surface area contributed by atoms with E-state index in [1.165, 1.54) is 6.20 Å². The summed E-state index contributed by atoms with van der Waals surface area (Å²) in [5.74, 6) is 0.276. The number of benzene rings is 1. The number of amides is 1. The van der Waals surface area contributed by atoms with Crippen molar-refractivity contribution in [3.8, 4) is 5.88 Å². The van der Waals surface area contributed by atoms with Crippen molar-refractivity contribution >= 4 is 22.5 Å². The third-order valence-electron chi connectivity index (χ3n) is 3.87. The smallest absolute Gasteiger partial charge is 0.257 e. The molecule has 2 aromatic heterocycles. The molecule has 4 rings (SSSR count). The zero-order valence-electron chi connectivity index (χ0n) is 12.9. The van der Waals surface area contributed by atoms with E-state index in [9.17, 15) is 4.79 Å². The Morgan fingerprint density at radius 2 is 2.25 bits per heavy atom. The van der Waals surface area contributed by atoms with E-state index in [2.05, 4.69) is 20.5 Å². The summed E-state index contributed by atoms with van der Waals surface area (Å²) in [5, 5.41) is 10.7. The Balaban J connectivity index is 1.43. The first-order valence-corrected chi connectivity index (χ1v) is 7.73. The molecule has 2 N–H and O–H groups in total. The molecule has 1 amide bonds. The molecule has 1 aliphatic heterocycles. The summed E-state index contributed by atoms with van der Waals surface area (Å²) in [6.45, 7) is 1.30. The van der Waals surface area contributed by atoms with Gasteiger partial charge < -0.3 is 14.8 Å². The summed E-state index contributed by atoms with van der Waals surface area (Å²) in [4.78, 5) is 16.5. The van der Waals surface area contributed by atoms with Crippen LogP contribution in [-0.2, 0) is 4.74 Å². The molecule has 0 spiro atoms. The van der Waals surface area contributed by atoms with Crippen LogP contribution in [0.5, 0.6) is 5.88 Å². The summed E-state index contributed by atoms with van der Waals surface area (Å²) < 4.78 is 10.9. The molecule has 3 heterocycles. The van der Waals surface area contributed by atoms with Crippen LogP contribution in [0.4, 0.5) is 5.69 Å². The monoisotopic (exact) mass is 324 g/mol. The van der Waals surface area contributed by atoms with E-state index in [1.807, 2.05) is 18.2 Å². The van der Waals surface area contributed by atoms with E-state index in [0.29, 0.717) is 30.3 Å². The van der Waals surface area contributed by atoms with E-state index in [4.69, 9.17) is 9.47 Å². The molecule has 0 bridgehead atoms. The van der Waals surface area contributed by atoms with Gasteiger partial charge in [-0.1, -0.05) is 0 Å². The molecular weight excluding hydrogens is 308 g/mol. The minimum atomic E-state index is -0.225. The Kier molecular flexibility index (Phi) is 3.84. The van der Waals surface area contributed by atoms with Gasteiger partial charge in [-0.25, -0.2) is 4.98 Å². The van der Waals surface area contributed by atoms with Gasteiger partial charge >= 0.3 is 0 Å². The van der Waals surface area contributed by atoms with Gasteiger partial charge in [-0.3, -0.25) is 9.89 Å². The molecule has 0 aliphatic carbocycles. The van der Waals surface area contributed by atoms with Gasteiger partial charge in [-0.2, -0.15) is 5.10 Å². The largest absolute Gasteiger partial charge is 0.472 e. The Bertz CT molecular complexity index is 854. The van der Waals surface area contributed by atoms with Gasteiger partial charge in [0.1, 0.15) is 6.10 Å². The lowest BCUT2D eigenvalue weighted by Crippen LogP contribution is -2.17. The van der Waals surface area contributed by atoms with Crippen LogP contribution >= 0.6 is 0 Å². The molecule has 1 fully saturated rings. The van der Waals surface area contributed by atoms with Crippen molar-refractivity contribution in [3.05, 3.63) is 48.3 Å². The van der Waals surface area contributed by atoms with Crippen LogP contribution in [0.15, 0.2) is 42.7 Å². The third-order valence-corrected chi connectivity index (χ3v) is 3.87. The number of ether oxygens (including phenoxy) is 2. The average Bonchev–Trinajstić information content (AvgIpc) is 3.26. The Morgan fingerprint density at radius 1 is 1.29 bits per heavy atom. The molecule has 1 unspecified atom stereocenters. The maximum Gasteiger partial charge on any atom is 0.257 e. The lowest BCUT2D eigenvalue weighted by atomic mass is 10.2. The minimum Gasteiger partial charge on any atom is -0.472 e. The quantitative estimate of drug-likeness (QED) is 0.769. The van der Waals surface area contributed by atoms with Crippen molar-refractivity contribution in [1.82, 2.24) is 15.2 Å². The predicted octanol–water partition coefficient (Wildman–Crippen LogP) is 2.38. The second-order valence-electron chi connectivity index (χ2n) is 5.61. The van der Waals surface area contributed by atoms with Crippen LogP contribution in [0, 0.1) is 0 Å². The van der Waals surface area contributed by atoms with Gasteiger partial charge in [0, 0.05) is 29.8 Å². The molecule has 1 saturated heterocycles. The van der Waals surface area contributed by atoms with Gasteiger partial charge in [0.25, 0.3) is 5.91 Å². The number of hydrogen-bond acceptors (Lipinski definition) is 5. The highest BCUT2D eigenvalue weighted by atomic mass is 16.5. The first-order valence-electron chi connectivity index (χ1n) is 7.73. The van der Waals surface area contributed by atoms with Crippen LogP contribution in [0.3, 0.4) is 0 Å². The number of rotatable bonds is 4. The molecule has 24 heavy (non-hydrogen) atoms. The highest BCUT2D eigenvalue weighted by Gasteiger charge is 2.18. The summed E-state index contributed by atoms with van der Waals surface area (Å²) >= 11 is 0. The highest BCUT2D eigenvalue weighted by Crippen LogP contribution is 2.18. The second-order valence-corrected chi connectivity index (χ2v) is 5.61. The third kappa shape index (κ3) is 3.07. The first kappa shape index (κ1) is 14.6. The topological polar surface area (TPSA) is 89.1 Å². The number of fused-ring (bicyclic) bond motifs is 1. The van der Waals surface area contributed by atoms with Gasteiger partial charge in [0.2, 0.25) is 5.88 Å². The van der Waals surface area contributed by atoms with Crippen molar-refractivity contribution in [1.29, 1.82) is 0 Å². The van der Waals surface area contributed by atoms with Gasteiger partial charge in [0.05, 0.1) is 30.5 Å². The number of pyridine rings is 1. The maximum absolute atomic E-state index is 12.3. The number of nitrogens with one attached hydrogen (secondary N) is 2. The number of H-pyrrole nitrogens is 1. The van der Waals surface area contributed by atoms with Gasteiger partial charge in [0.15, 0.2) is 0 Å². The molecule has 3 aromatic rings. The molecule has 1 atom stereocenters. The summed E-state index contributed by atoms with van der Waals surface area (Å²) in [6.07, 6.45) is 4.15. The van der Waals surface area contributed by atoms with Crippen LogP contribution in [0.1, 0.15) is 16.8 Å². The lowest BCUT2D eigenvalue weighted by molar-refractivity contribution is 0.102. The molecule has 0 radical (unpaired) electrons. The van der Waals surface area contributed by atoms with Crippen molar-refractivity contribution < 1.29 is 14.3 Å². The molecular formula is C17H16N4O3. The van der Waals surface area contributed by atoms with Crippen molar-refractivity contribution in [2.75, 3.05) is 18.5 Å². The number of nitrogens with zero attached hydrogens (tertiary/aromatic N) is 2. The zero-order chi connectivity index (χ0) is 16.4. The van der Waals surface area contributed by atoms with E-state index in [-0.39, 0.29) is 12.0 Å². The Hall–Kier alpha value is -2.93. The van der Waals surface area contributed by atoms with E-state index < -0.39 is 0 Å². The number of hydrogen-bond donors (Lipinski definition) is 2. The van der Waals surface area contributed by atoms with Crippen LogP contribution in [0.2, 0.25) is 0 Å². The van der Waals surface area contributed by atoms with Crippen LogP contribution < -0.4 is 10.1 Å². The highest BCUT2D eigenvalue weighted by molar-refractivity contribution is 6.04.